The molecule has 1 saturated heterocycles. The van der Waals surface area contributed by atoms with Crippen molar-refractivity contribution in [2.75, 3.05) is 26.2 Å². The molecule has 1 rings (SSSR count). The second-order valence-electron chi connectivity index (χ2n) is 4.53. The zero-order chi connectivity index (χ0) is 9.68. The van der Waals surface area contributed by atoms with Crippen molar-refractivity contribution in [1.82, 2.24) is 10.2 Å². The number of likely N-dealkylation sites (tertiary alicyclic amines) is 1. The summed E-state index contributed by atoms with van der Waals surface area (Å²) in [6.07, 6.45) is 2.69. The molecule has 2 nitrogen and oxygen atoms in total. The molecular formula is C11H24N2. The van der Waals surface area contributed by atoms with E-state index in [1.807, 2.05) is 0 Å². The van der Waals surface area contributed by atoms with Crippen molar-refractivity contribution < 1.29 is 0 Å². The molecule has 0 amide bonds. The molecule has 2 heteroatoms. The van der Waals surface area contributed by atoms with E-state index in [0.29, 0.717) is 0 Å². The van der Waals surface area contributed by atoms with Gasteiger partial charge in [-0.05, 0) is 38.4 Å². The fourth-order valence-corrected chi connectivity index (χ4v) is 1.93. The fraction of sp³-hybridized carbons (Fsp3) is 1.00. The minimum absolute atomic E-state index is 0.761. The summed E-state index contributed by atoms with van der Waals surface area (Å²) in [7, 11) is 0. The predicted molar refractivity (Wildman–Crippen MR) is 58.0 cm³/mol. The summed E-state index contributed by atoms with van der Waals surface area (Å²) in [6.45, 7) is 11.8. The van der Waals surface area contributed by atoms with Gasteiger partial charge in [-0.3, -0.25) is 0 Å². The molecule has 1 aliphatic rings. The Morgan fingerprint density at radius 2 is 2.23 bits per heavy atom. The third-order valence-corrected chi connectivity index (χ3v) is 2.79. The molecule has 0 spiro atoms. The summed E-state index contributed by atoms with van der Waals surface area (Å²) in [5, 5.41) is 3.52. The lowest BCUT2D eigenvalue weighted by molar-refractivity contribution is 0.305. The number of likely N-dealkylation sites (N-methyl/N-ethyl adjacent to an activating group) is 1. The Bertz CT molecular complexity index is 134. The molecule has 1 aliphatic heterocycles. The molecule has 1 unspecified atom stereocenters. The van der Waals surface area contributed by atoms with Gasteiger partial charge in [-0.2, -0.15) is 0 Å². The average Bonchev–Trinajstić information content (AvgIpc) is 2.50. The summed E-state index contributed by atoms with van der Waals surface area (Å²) in [5.74, 6) is 0.846. The SMILES string of the molecule is CCNC1CCN(CCC(C)C)C1. The first kappa shape index (κ1) is 11.0. The molecule has 1 N–H and O–H groups in total. The quantitative estimate of drug-likeness (QED) is 0.700. The summed E-state index contributed by atoms with van der Waals surface area (Å²) in [5.41, 5.74) is 0. The summed E-state index contributed by atoms with van der Waals surface area (Å²) in [6, 6.07) is 0.761. The zero-order valence-electron chi connectivity index (χ0n) is 9.34. The Kier molecular flexibility index (Phi) is 4.74. The summed E-state index contributed by atoms with van der Waals surface area (Å²) in [4.78, 5) is 2.59. The molecule has 0 saturated carbocycles. The van der Waals surface area contributed by atoms with Gasteiger partial charge in [0.15, 0.2) is 0 Å². The van der Waals surface area contributed by atoms with Crippen molar-refractivity contribution in [2.45, 2.75) is 39.7 Å². The second kappa shape index (κ2) is 5.61. The molecule has 1 heterocycles. The molecule has 0 bridgehead atoms. The molecular weight excluding hydrogens is 160 g/mol. The van der Waals surface area contributed by atoms with Gasteiger partial charge in [0.25, 0.3) is 0 Å². The van der Waals surface area contributed by atoms with Crippen LogP contribution >= 0.6 is 0 Å². The first-order chi connectivity index (χ1) is 6.22. The van der Waals surface area contributed by atoms with E-state index in [1.165, 1.54) is 32.5 Å². The molecule has 1 atom stereocenters. The van der Waals surface area contributed by atoms with Crippen molar-refractivity contribution >= 4 is 0 Å². The van der Waals surface area contributed by atoms with Crippen LogP contribution in [0, 0.1) is 5.92 Å². The van der Waals surface area contributed by atoms with Gasteiger partial charge >= 0.3 is 0 Å². The topological polar surface area (TPSA) is 15.3 Å². The van der Waals surface area contributed by atoms with Gasteiger partial charge in [0.2, 0.25) is 0 Å². The number of nitrogens with one attached hydrogen (secondary N) is 1. The number of nitrogens with zero attached hydrogens (tertiary/aromatic N) is 1. The average molecular weight is 184 g/mol. The molecule has 13 heavy (non-hydrogen) atoms. The van der Waals surface area contributed by atoms with Crippen molar-refractivity contribution in [2.24, 2.45) is 5.92 Å². The molecule has 0 aliphatic carbocycles. The molecule has 0 aromatic rings. The molecule has 78 valence electrons. The lowest BCUT2D eigenvalue weighted by atomic mass is 10.1. The maximum Gasteiger partial charge on any atom is 0.0207 e. The summed E-state index contributed by atoms with van der Waals surface area (Å²) < 4.78 is 0. The maximum atomic E-state index is 3.52. The van der Waals surface area contributed by atoms with Crippen LogP contribution in [0.2, 0.25) is 0 Å². The van der Waals surface area contributed by atoms with Gasteiger partial charge in [0, 0.05) is 12.6 Å². The minimum Gasteiger partial charge on any atom is -0.313 e. The Hall–Kier alpha value is -0.0800. The first-order valence-electron chi connectivity index (χ1n) is 5.68. The smallest absolute Gasteiger partial charge is 0.0207 e. The van der Waals surface area contributed by atoms with Crippen molar-refractivity contribution in [3.63, 3.8) is 0 Å². The van der Waals surface area contributed by atoms with Gasteiger partial charge < -0.3 is 10.2 Å². The van der Waals surface area contributed by atoms with Crippen molar-refractivity contribution in [1.29, 1.82) is 0 Å². The lowest BCUT2D eigenvalue weighted by Crippen LogP contribution is -2.32. The van der Waals surface area contributed by atoms with E-state index >= 15 is 0 Å². The van der Waals surface area contributed by atoms with E-state index in [2.05, 4.69) is 31.0 Å². The van der Waals surface area contributed by atoms with E-state index in [1.54, 1.807) is 0 Å². The van der Waals surface area contributed by atoms with E-state index in [9.17, 15) is 0 Å². The molecule has 0 radical (unpaired) electrons. The van der Waals surface area contributed by atoms with E-state index in [-0.39, 0.29) is 0 Å². The van der Waals surface area contributed by atoms with Crippen LogP contribution in [0.25, 0.3) is 0 Å². The Labute approximate surface area is 82.7 Å². The molecule has 0 aromatic heterocycles. The van der Waals surface area contributed by atoms with Crippen LogP contribution in [0.1, 0.15) is 33.6 Å². The highest BCUT2D eigenvalue weighted by Crippen LogP contribution is 2.11. The minimum atomic E-state index is 0.761. The van der Waals surface area contributed by atoms with Gasteiger partial charge in [-0.15, -0.1) is 0 Å². The first-order valence-corrected chi connectivity index (χ1v) is 5.68. The van der Waals surface area contributed by atoms with Crippen LogP contribution in [-0.2, 0) is 0 Å². The lowest BCUT2D eigenvalue weighted by Gasteiger charge is -2.17. The Morgan fingerprint density at radius 3 is 2.85 bits per heavy atom. The normalized spacial score (nSPS) is 24.5. The van der Waals surface area contributed by atoms with Crippen LogP contribution in [0.15, 0.2) is 0 Å². The van der Waals surface area contributed by atoms with Crippen LogP contribution in [0.3, 0.4) is 0 Å². The van der Waals surface area contributed by atoms with Gasteiger partial charge in [0.05, 0.1) is 0 Å². The predicted octanol–water partition coefficient (Wildman–Crippen LogP) is 1.72. The van der Waals surface area contributed by atoms with Gasteiger partial charge in [-0.1, -0.05) is 20.8 Å². The van der Waals surface area contributed by atoms with Crippen molar-refractivity contribution in [3.05, 3.63) is 0 Å². The van der Waals surface area contributed by atoms with Crippen LogP contribution in [-0.4, -0.2) is 37.1 Å². The van der Waals surface area contributed by atoms with E-state index < -0.39 is 0 Å². The molecule has 0 aromatic carbocycles. The van der Waals surface area contributed by atoms with Crippen LogP contribution < -0.4 is 5.32 Å². The highest BCUT2D eigenvalue weighted by atomic mass is 15.2. The van der Waals surface area contributed by atoms with E-state index in [4.69, 9.17) is 0 Å². The summed E-state index contributed by atoms with van der Waals surface area (Å²) >= 11 is 0. The Balaban J connectivity index is 2.10. The number of hydrogen-bond donors (Lipinski definition) is 1. The van der Waals surface area contributed by atoms with Crippen molar-refractivity contribution in [3.8, 4) is 0 Å². The fourth-order valence-electron chi connectivity index (χ4n) is 1.93. The largest absolute Gasteiger partial charge is 0.313 e. The maximum absolute atomic E-state index is 3.52. The zero-order valence-corrected chi connectivity index (χ0v) is 9.34. The highest BCUT2D eigenvalue weighted by molar-refractivity contribution is 4.80. The van der Waals surface area contributed by atoms with Gasteiger partial charge in [0.1, 0.15) is 0 Å². The molecule has 1 fully saturated rings. The third kappa shape index (κ3) is 4.10. The standard InChI is InChI=1S/C11H24N2/c1-4-12-11-6-8-13(9-11)7-5-10(2)3/h10-12H,4-9H2,1-3H3. The van der Waals surface area contributed by atoms with Crippen LogP contribution in [0.4, 0.5) is 0 Å². The van der Waals surface area contributed by atoms with Gasteiger partial charge in [-0.25, -0.2) is 0 Å². The second-order valence-corrected chi connectivity index (χ2v) is 4.53. The third-order valence-electron chi connectivity index (χ3n) is 2.79. The number of hydrogen-bond acceptors (Lipinski definition) is 2. The van der Waals surface area contributed by atoms with E-state index in [0.717, 1.165) is 18.5 Å². The number of rotatable bonds is 5. The van der Waals surface area contributed by atoms with Crippen LogP contribution in [0.5, 0.6) is 0 Å². The highest BCUT2D eigenvalue weighted by Gasteiger charge is 2.20. The Morgan fingerprint density at radius 1 is 1.46 bits per heavy atom. The monoisotopic (exact) mass is 184 g/mol.